The van der Waals surface area contributed by atoms with Gasteiger partial charge in [0.05, 0.1) is 11.0 Å². The molecule has 4 rings (SSSR count). The topological polar surface area (TPSA) is 54.7 Å². The minimum Gasteiger partial charge on any atom is -0.489 e. The van der Waals surface area contributed by atoms with Crippen LogP contribution in [0.5, 0.6) is 5.75 Å². The van der Waals surface area contributed by atoms with E-state index in [1.165, 1.54) is 23.9 Å². The fourth-order valence-corrected chi connectivity index (χ4v) is 4.01. The molecule has 0 saturated heterocycles. The fraction of sp³-hybridized carbons (Fsp3) is 0.375. The van der Waals surface area contributed by atoms with Gasteiger partial charge in [-0.2, -0.15) is 0 Å². The molecule has 1 N–H and O–H groups in total. The number of rotatable bonds is 7. The standard InChI is InChI=1S/C24H28N2O3S/c1-15(2)16-9-11-20(28-19-6-5-7-19)23(13-16)30-25-24(27)22-12-17-8-10-18(26(3)4)14-21(17)29-22/h8-15,19H,5-7H2,1-4H3,(H,25,27). The van der Waals surface area contributed by atoms with E-state index in [-0.39, 0.29) is 12.0 Å². The van der Waals surface area contributed by atoms with Crippen molar-refractivity contribution in [1.29, 1.82) is 0 Å². The van der Waals surface area contributed by atoms with Crippen molar-refractivity contribution in [3.8, 4) is 5.75 Å². The number of hydrogen-bond donors (Lipinski definition) is 1. The molecule has 0 unspecified atom stereocenters. The lowest BCUT2D eigenvalue weighted by molar-refractivity contribution is 0.0959. The summed E-state index contributed by atoms with van der Waals surface area (Å²) in [6.07, 6.45) is 3.69. The van der Waals surface area contributed by atoms with Crippen molar-refractivity contribution in [3.05, 3.63) is 53.8 Å². The van der Waals surface area contributed by atoms with Crippen LogP contribution in [-0.4, -0.2) is 26.1 Å². The molecule has 1 heterocycles. The average molecular weight is 425 g/mol. The smallest absolute Gasteiger partial charge is 0.297 e. The summed E-state index contributed by atoms with van der Waals surface area (Å²) in [5, 5.41) is 0.909. The summed E-state index contributed by atoms with van der Waals surface area (Å²) in [5.74, 6) is 1.27. The molecule has 0 spiro atoms. The largest absolute Gasteiger partial charge is 0.489 e. The minimum absolute atomic E-state index is 0.257. The monoisotopic (exact) mass is 424 g/mol. The van der Waals surface area contributed by atoms with E-state index >= 15 is 0 Å². The predicted octanol–water partition coefficient (Wildman–Crippen LogP) is 5.99. The summed E-state index contributed by atoms with van der Waals surface area (Å²) in [6.45, 7) is 4.32. The van der Waals surface area contributed by atoms with E-state index in [0.717, 1.165) is 34.6 Å². The highest BCUT2D eigenvalue weighted by Gasteiger charge is 2.21. The zero-order valence-corrected chi connectivity index (χ0v) is 18.7. The van der Waals surface area contributed by atoms with Crippen molar-refractivity contribution in [2.45, 2.75) is 50.0 Å². The maximum atomic E-state index is 12.7. The Morgan fingerprint density at radius 1 is 1.17 bits per heavy atom. The van der Waals surface area contributed by atoms with Crippen LogP contribution in [0.2, 0.25) is 0 Å². The number of nitrogens with one attached hydrogen (secondary N) is 1. The van der Waals surface area contributed by atoms with Gasteiger partial charge < -0.3 is 14.1 Å². The molecule has 0 radical (unpaired) electrons. The molecule has 1 saturated carbocycles. The van der Waals surface area contributed by atoms with Gasteiger partial charge >= 0.3 is 0 Å². The number of fused-ring (bicyclic) bond motifs is 1. The lowest BCUT2D eigenvalue weighted by Gasteiger charge is -2.27. The van der Waals surface area contributed by atoms with Crippen LogP contribution in [0.15, 0.2) is 51.8 Å². The molecule has 3 aromatic rings. The van der Waals surface area contributed by atoms with Gasteiger partial charge in [0.15, 0.2) is 5.76 Å². The van der Waals surface area contributed by atoms with E-state index in [0.29, 0.717) is 17.3 Å². The van der Waals surface area contributed by atoms with Crippen LogP contribution in [0.1, 0.15) is 55.1 Å². The number of amides is 1. The van der Waals surface area contributed by atoms with Gasteiger partial charge in [0.2, 0.25) is 0 Å². The minimum atomic E-state index is -0.257. The van der Waals surface area contributed by atoms with Crippen LogP contribution < -0.4 is 14.4 Å². The zero-order valence-electron chi connectivity index (χ0n) is 17.9. The van der Waals surface area contributed by atoms with Crippen LogP contribution in [0.4, 0.5) is 5.69 Å². The third kappa shape index (κ3) is 4.43. The number of ether oxygens (including phenoxy) is 1. The van der Waals surface area contributed by atoms with Gasteiger partial charge in [-0.1, -0.05) is 19.9 Å². The van der Waals surface area contributed by atoms with Crippen LogP contribution in [0, 0.1) is 0 Å². The molecule has 1 aliphatic carbocycles. The van der Waals surface area contributed by atoms with Crippen molar-refractivity contribution in [2.24, 2.45) is 0 Å². The molecular formula is C24H28N2O3S. The summed E-state index contributed by atoms with van der Waals surface area (Å²) < 4.78 is 14.9. The van der Waals surface area contributed by atoms with Gasteiger partial charge in [0.25, 0.3) is 5.91 Å². The Hall–Kier alpha value is -2.60. The number of carbonyl (C=O) groups is 1. The van der Waals surface area contributed by atoms with Crippen molar-refractivity contribution in [3.63, 3.8) is 0 Å². The highest BCUT2D eigenvalue weighted by molar-refractivity contribution is 7.98. The number of anilines is 1. The van der Waals surface area contributed by atoms with Crippen molar-refractivity contribution in [2.75, 3.05) is 19.0 Å². The summed E-state index contributed by atoms with van der Waals surface area (Å²) >= 11 is 1.28. The number of hydrogen-bond acceptors (Lipinski definition) is 5. The Labute approximate surface area is 181 Å². The highest BCUT2D eigenvalue weighted by Crippen LogP contribution is 2.35. The van der Waals surface area contributed by atoms with Gasteiger partial charge in [-0.3, -0.25) is 9.52 Å². The van der Waals surface area contributed by atoms with E-state index in [2.05, 4.69) is 30.7 Å². The van der Waals surface area contributed by atoms with Crippen LogP contribution >= 0.6 is 11.9 Å². The molecule has 0 atom stereocenters. The predicted molar refractivity (Wildman–Crippen MR) is 123 cm³/mol. The summed E-state index contributed by atoms with van der Waals surface area (Å²) in [5.41, 5.74) is 2.95. The average Bonchev–Trinajstić information content (AvgIpc) is 3.12. The normalized spacial score (nSPS) is 14.0. The van der Waals surface area contributed by atoms with E-state index < -0.39 is 0 Å². The maximum absolute atomic E-state index is 12.7. The van der Waals surface area contributed by atoms with Crippen LogP contribution in [-0.2, 0) is 0 Å². The SMILES string of the molecule is CC(C)c1ccc(OC2CCC2)c(SNC(=O)c2cc3ccc(N(C)C)cc3o2)c1. The summed E-state index contributed by atoms with van der Waals surface area (Å²) in [4.78, 5) is 15.7. The second-order valence-electron chi connectivity index (χ2n) is 8.29. The van der Waals surface area contributed by atoms with Gasteiger partial charge in [0.1, 0.15) is 11.3 Å². The van der Waals surface area contributed by atoms with E-state index in [4.69, 9.17) is 9.15 Å². The van der Waals surface area contributed by atoms with Gasteiger partial charge in [-0.25, -0.2) is 0 Å². The molecule has 30 heavy (non-hydrogen) atoms. The molecule has 1 aromatic heterocycles. The van der Waals surface area contributed by atoms with Crippen molar-refractivity contribution in [1.82, 2.24) is 4.72 Å². The fourth-order valence-electron chi connectivity index (χ4n) is 3.29. The highest BCUT2D eigenvalue weighted by atomic mass is 32.2. The van der Waals surface area contributed by atoms with E-state index in [9.17, 15) is 4.79 Å². The molecule has 1 aliphatic rings. The quantitative estimate of drug-likeness (QED) is 0.472. The lowest BCUT2D eigenvalue weighted by atomic mass is 9.96. The lowest BCUT2D eigenvalue weighted by Crippen LogP contribution is -2.25. The molecule has 0 aliphatic heterocycles. The van der Waals surface area contributed by atoms with E-state index in [1.54, 1.807) is 6.07 Å². The first-order chi connectivity index (χ1) is 14.4. The van der Waals surface area contributed by atoms with Crippen molar-refractivity contribution < 1.29 is 13.9 Å². The van der Waals surface area contributed by atoms with Crippen molar-refractivity contribution >= 4 is 34.5 Å². The Morgan fingerprint density at radius 2 is 1.97 bits per heavy atom. The maximum Gasteiger partial charge on any atom is 0.297 e. The third-order valence-corrected chi connectivity index (χ3v) is 6.30. The van der Waals surface area contributed by atoms with Crippen LogP contribution in [0.3, 0.4) is 0 Å². The van der Waals surface area contributed by atoms with Crippen LogP contribution in [0.25, 0.3) is 11.0 Å². The number of furan rings is 1. The van der Waals surface area contributed by atoms with E-state index in [1.807, 2.05) is 43.3 Å². The molecule has 158 valence electrons. The zero-order chi connectivity index (χ0) is 21.3. The van der Waals surface area contributed by atoms with Gasteiger partial charge in [-0.15, -0.1) is 0 Å². The molecule has 1 amide bonds. The Morgan fingerprint density at radius 3 is 2.63 bits per heavy atom. The molecular weight excluding hydrogens is 396 g/mol. The summed E-state index contributed by atoms with van der Waals surface area (Å²) in [6, 6.07) is 13.9. The molecule has 6 heteroatoms. The van der Waals surface area contributed by atoms with Gasteiger partial charge in [0, 0.05) is 31.2 Å². The molecule has 0 bridgehead atoms. The first kappa shape index (κ1) is 20.7. The second kappa shape index (κ2) is 8.64. The summed E-state index contributed by atoms with van der Waals surface area (Å²) in [7, 11) is 3.95. The Bertz CT molecular complexity index is 1050. The first-order valence-electron chi connectivity index (χ1n) is 10.4. The molecule has 2 aromatic carbocycles. The Balaban J connectivity index is 1.51. The number of benzene rings is 2. The third-order valence-electron chi connectivity index (χ3n) is 5.48. The molecule has 5 nitrogen and oxygen atoms in total. The first-order valence-corrected chi connectivity index (χ1v) is 11.2. The Kier molecular flexibility index (Phi) is 5.95. The number of carbonyl (C=O) groups excluding carboxylic acids is 1. The van der Waals surface area contributed by atoms with Gasteiger partial charge in [-0.05, 0) is 73.0 Å². The second-order valence-corrected chi connectivity index (χ2v) is 9.14. The number of nitrogens with zero attached hydrogens (tertiary/aromatic N) is 1. The molecule has 1 fully saturated rings.